The molecule has 1 heterocycles. The van der Waals surface area contributed by atoms with Crippen LogP contribution in [0.1, 0.15) is 18.2 Å². The highest BCUT2D eigenvalue weighted by molar-refractivity contribution is 6.28. The van der Waals surface area contributed by atoms with Gasteiger partial charge in [-0.1, -0.05) is 0 Å². The average molecular weight is 290 g/mol. The summed E-state index contributed by atoms with van der Waals surface area (Å²) in [5.41, 5.74) is 5.73. The molecule has 102 valence electrons. The third-order valence-electron chi connectivity index (χ3n) is 2.59. The lowest BCUT2D eigenvalue weighted by Gasteiger charge is -2.11. The molecular weight excluding hydrogens is 279 g/mol. The van der Waals surface area contributed by atoms with Crippen LogP contribution < -0.4 is 5.73 Å². The number of halogens is 4. The summed E-state index contributed by atoms with van der Waals surface area (Å²) in [6.45, 7) is 1.75. The Morgan fingerprint density at radius 2 is 2.00 bits per heavy atom. The van der Waals surface area contributed by atoms with Gasteiger partial charge >= 0.3 is 6.18 Å². The van der Waals surface area contributed by atoms with Gasteiger partial charge in [-0.3, -0.25) is 0 Å². The molecule has 2 aromatic rings. The summed E-state index contributed by atoms with van der Waals surface area (Å²) in [6.07, 6.45) is -4.07. The SMILES string of the molecule is CC(N)Cc1nc(Cl)nc2ccc(C(F)(F)F)cc12. The van der Waals surface area contributed by atoms with E-state index in [-0.39, 0.29) is 11.3 Å². The number of hydrogen-bond donors (Lipinski definition) is 1. The lowest BCUT2D eigenvalue weighted by atomic mass is 10.1. The second kappa shape index (κ2) is 4.94. The summed E-state index contributed by atoms with van der Waals surface area (Å²) >= 11 is 5.75. The van der Waals surface area contributed by atoms with Crippen LogP contribution in [0.5, 0.6) is 0 Å². The standard InChI is InChI=1S/C12H11ClF3N3/c1-6(17)4-10-8-5-7(12(14,15)16)2-3-9(8)18-11(13)19-10/h2-3,5-6H,4,17H2,1H3. The van der Waals surface area contributed by atoms with Crippen molar-refractivity contribution >= 4 is 22.5 Å². The van der Waals surface area contributed by atoms with Crippen molar-refractivity contribution in [3.8, 4) is 0 Å². The number of nitrogens with two attached hydrogens (primary N) is 1. The molecule has 19 heavy (non-hydrogen) atoms. The van der Waals surface area contributed by atoms with Crippen LogP contribution in [-0.4, -0.2) is 16.0 Å². The summed E-state index contributed by atoms with van der Waals surface area (Å²) in [5.74, 6) is 0. The zero-order chi connectivity index (χ0) is 14.2. The van der Waals surface area contributed by atoms with E-state index in [0.717, 1.165) is 12.1 Å². The van der Waals surface area contributed by atoms with Crippen LogP contribution in [0.2, 0.25) is 5.28 Å². The number of hydrogen-bond acceptors (Lipinski definition) is 3. The highest BCUT2D eigenvalue weighted by atomic mass is 35.5. The fraction of sp³-hybridized carbons (Fsp3) is 0.333. The maximum absolute atomic E-state index is 12.7. The van der Waals surface area contributed by atoms with Crippen molar-refractivity contribution in [3.05, 3.63) is 34.7 Å². The molecule has 0 aliphatic carbocycles. The van der Waals surface area contributed by atoms with Gasteiger partial charge in [0.2, 0.25) is 5.28 Å². The van der Waals surface area contributed by atoms with Crippen molar-refractivity contribution in [1.29, 1.82) is 0 Å². The van der Waals surface area contributed by atoms with Gasteiger partial charge in [0, 0.05) is 17.8 Å². The smallest absolute Gasteiger partial charge is 0.328 e. The normalized spacial score (nSPS) is 13.8. The van der Waals surface area contributed by atoms with E-state index in [1.165, 1.54) is 6.07 Å². The molecule has 1 unspecified atom stereocenters. The molecule has 0 aliphatic heterocycles. The number of fused-ring (bicyclic) bond motifs is 1. The van der Waals surface area contributed by atoms with Crippen LogP contribution in [0.3, 0.4) is 0 Å². The first-order chi connectivity index (χ1) is 8.77. The predicted molar refractivity (Wildman–Crippen MR) is 66.9 cm³/mol. The first kappa shape index (κ1) is 14.0. The van der Waals surface area contributed by atoms with Crippen molar-refractivity contribution in [2.75, 3.05) is 0 Å². The predicted octanol–water partition coefficient (Wildman–Crippen LogP) is 3.19. The molecule has 1 aromatic heterocycles. The third kappa shape index (κ3) is 3.13. The Kier molecular flexibility index (Phi) is 3.64. The van der Waals surface area contributed by atoms with E-state index in [0.29, 0.717) is 23.0 Å². The molecule has 0 aliphatic rings. The van der Waals surface area contributed by atoms with Gasteiger partial charge in [-0.2, -0.15) is 13.2 Å². The van der Waals surface area contributed by atoms with E-state index in [1.54, 1.807) is 6.92 Å². The van der Waals surface area contributed by atoms with Gasteiger partial charge in [-0.05, 0) is 36.7 Å². The van der Waals surface area contributed by atoms with E-state index in [2.05, 4.69) is 9.97 Å². The average Bonchev–Trinajstić information content (AvgIpc) is 2.26. The minimum Gasteiger partial charge on any atom is -0.328 e. The summed E-state index contributed by atoms with van der Waals surface area (Å²) in [4.78, 5) is 7.88. The van der Waals surface area contributed by atoms with Crippen molar-refractivity contribution in [1.82, 2.24) is 9.97 Å². The van der Waals surface area contributed by atoms with Crippen LogP contribution >= 0.6 is 11.6 Å². The fourth-order valence-corrected chi connectivity index (χ4v) is 1.99. The fourth-order valence-electron chi connectivity index (χ4n) is 1.80. The number of alkyl halides is 3. The molecule has 2 rings (SSSR count). The topological polar surface area (TPSA) is 51.8 Å². The molecule has 7 heteroatoms. The lowest BCUT2D eigenvalue weighted by Crippen LogP contribution is -2.19. The van der Waals surface area contributed by atoms with Crippen molar-refractivity contribution < 1.29 is 13.2 Å². The highest BCUT2D eigenvalue weighted by Gasteiger charge is 2.30. The van der Waals surface area contributed by atoms with E-state index in [4.69, 9.17) is 17.3 Å². The molecule has 1 atom stereocenters. The maximum atomic E-state index is 12.7. The molecule has 2 N–H and O–H groups in total. The molecule has 0 saturated heterocycles. The van der Waals surface area contributed by atoms with E-state index in [9.17, 15) is 13.2 Å². The Balaban J connectivity index is 2.65. The number of aromatic nitrogens is 2. The summed E-state index contributed by atoms with van der Waals surface area (Å²) < 4.78 is 38.1. The van der Waals surface area contributed by atoms with Gasteiger partial charge in [-0.25, -0.2) is 9.97 Å². The zero-order valence-electron chi connectivity index (χ0n) is 10.0. The highest BCUT2D eigenvalue weighted by Crippen LogP contribution is 2.32. The van der Waals surface area contributed by atoms with Crippen LogP contribution in [-0.2, 0) is 12.6 Å². The van der Waals surface area contributed by atoms with Crippen LogP contribution in [0.25, 0.3) is 10.9 Å². The van der Waals surface area contributed by atoms with Gasteiger partial charge in [0.15, 0.2) is 0 Å². The van der Waals surface area contributed by atoms with Crippen LogP contribution in [0, 0.1) is 0 Å². The quantitative estimate of drug-likeness (QED) is 0.864. The van der Waals surface area contributed by atoms with Crippen LogP contribution in [0.4, 0.5) is 13.2 Å². The minimum absolute atomic E-state index is 0.00269. The third-order valence-corrected chi connectivity index (χ3v) is 2.76. The molecule has 0 fully saturated rings. The Labute approximate surface area is 112 Å². The van der Waals surface area contributed by atoms with E-state index in [1.807, 2.05) is 0 Å². The van der Waals surface area contributed by atoms with Gasteiger partial charge in [0.05, 0.1) is 16.8 Å². The van der Waals surface area contributed by atoms with Gasteiger partial charge in [0.1, 0.15) is 0 Å². The molecule has 0 bridgehead atoms. The maximum Gasteiger partial charge on any atom is 0.416 e. The second-order valence-corrected chi connectivity index (χ2v) is 4.69. The van der Waals surface area contributed by atoms with Crippen molar-refractivity contribution in [2.45, 2.75) is 25.6 Å². The molecule has 0 spiro atoms. The summed E-state index contributed by atoms with van der Waals surface area (Å²) in [6, 6.07) is 3.06. The van der Waals surface area contributed by atoms with Crippen LogP contribution in [0.15, 0.2) is 18.2 Å². The number of benzene rings is 1. The van der Waals surface area contributed by atoms with E-state index < -0.39 is 11.7 Å². The lowest BCUT2D eigenvalue weighted by molar-refractivity contribution is -0.137. The molecular formula is C12H11ClF3N3. The molecule has 1 aromatic carbocycles. The summed E-state index contributed by atoms with van der Waals surface area (Å²) in [7, 11) is 0. The Hall–Kier alpha value is -1.40. The van der Waals surface area contributed by atoms with Gasteiger partial charge < -0.3 is 5.73 Å². The first-order valence-electron chi connectivity index (χ1n) is 5.56. The molecule has 3 nitrogen and oxygen atoms in total. The van der Waals surface area contributed by atoms with Gasteiger partial charge in [0.25, 0.3) is 0 Å². The number of rotatable bonds is 2. The van der Waals surface area contributed by atoms with Crippen molar-refractivity contribution in [3.63, 3.8) is 0 Å². The number of nitrogens with zero attached hydrogens (tertiary/aromatic N) is 2. The monoisotopic (exact) mass is 289 g/mol. The Morgan fingerprint density at radius 1 is 1.32 bits per heavy atom. The molecule has 0 radical (unpaired) electrons. The van der Waals surface area contributed by atoms with Crippen molar-refractivity contribution in [2.24, 2.45) is 5.73 Å². The summed E-state index contributed by atoms with van der Waals surface area (Å²) in [5, 5.41) is 0.333. The zero-order valence-corrected chi connectivity index (χ0v) is 10.8. The second-order valence-electron chi connectivity index (χ2n) is 4.35. The minimum atomic E-state index is -4.40. The Morgan fingerprint density at radius 3 is 2.58 bits per heavy atom. The molecule has 0 amide bonds. The van der Waals surface area contributed by atoms with E-state index >= 15 is 0 Å². The Bertz CT molecular complexity index is 611. The van der Waals surface area contributed by atoms with Gasteiger partial charge in [-0.15, -0.1) is 0 Å². The first-order valence-corrected chi connectivity index (χ1v) is 5.94. The largest absolute Gasteiger partial charge is 0.416 e. The molecule has 0 saturated carbocycles.